The van der Waals surface area contributed by atoms with Crippen molar-refractivity contribution in [3.05, 3.63) is 78.5 Å². The molecule has 8 nitrogen and oxygen atoms in total. The molecule has 202 valence electrons. The van der Waals surface area contributed by atoms with Gasteiger partial charge in [-0.3, -0.25) is 0 Å². The van der Waals surface area contributed by atoms with E-state index in [-0.39, 0.29) is 4.90 Å². The molecule has 2 N–H and O–H groups in total. The second kappa shape index (κ2) is 9.81. The van der Waals surface area contributed by atoms with Gasteiger partial charge in [-0.25, -0.2) is 17.7 Å². The van der Waals surface area contributed by atoms with Gasteiger partial charge in [0.15, 0.2) is 5.82 Å². The quantitative estimate of drug-likeness (QED) is 0.352. The number of nitrogens with zero attached hydrogens (tertiary/aromatic N) is 4. The molecule has 3 heterocycles. The van der Waals surface area contributed by atoms with E-state index in [9.17, 15) is 8.42 Å². The normalized spacial score (nSPS) is 17.4. The lowest BCUT2D eigenvalue weighted by molar-refractivity contribution is 0.442. The lowest BCUT2D eigenvalue weighted by Gasteiger charge is -2.33. The molecule has 0 atom stereocenters. The van der Waals surface area contributed by atoms with E-state index in [0.29, 0.717) is 29.7 Å². The highest BCUT2D eigenvalue weighted by Gasteiger charge is 2.43. The predicted molar refractivity (Wildman–Crippen MR) is 158 cm³/mol. The number of piperidine rings is 1. The maximum Gasteiger partial charge on any atom is 0.266 e. The number of anilines is 4. The Hall–Kier alpha value is -3.69. The van der Waals surface area contributed by atoms with Gasteiger partial charge in [-0.05, 0) is 55.6 Å². The maximum atomic E-state index is 14.0. The van der Waals surface area contributed by atoms with E-state index in [1.165, 1.54) is 9.99 Å². The second-order valence-corrected chi connectivity index (χ2v) is 12.9. The van der Waals surface area contributed by atoms with Crippen molar-refractivity contribution in [2.45, 2.75) is 43.0 Å². The number of benzene rings is 3. The maximum absolute atomic E-state index is 14.0. The Bertz CT molecular complexity index is 1610. The summed E-state index contributed by atoms with van der Waals surface area (Å²) >= 11 is 0. The number of hydrogen-bond donors (Lipinski definition) is 2. The molecule has 0 bridgehead atoms. The predicted octanol–water partition coefficient (Wildman–Crippen LogP) is 5.05. The number of aromatic nitrogens is 2. The van der Waals surface area contributed by atoms with Gasteiger partial charge in [0.1, 0.15) is 0 Å². The van der Waals surface area contributed by atoms with E-state index in [0.717, 1.165) is 42.6 Å². The first-order valence-electron chi connectivity index (χ1n) is 13.4. The Morgan fingerprint density at radius 2 is 1.67 bits per heavy atom. The van der Waals surface area contributed by atoms with Crippen LogP contribution in [-0.2, 0) is 15.4 Å². The molecule has 9 heteroatoms. The summed E-state index contributed by atoms with van der Waals surface area (Å²) in [6.07, 6.45) is 4.02. The van der Waals surface area contributed by atoms with Gasteiger partial charge >= 0.3 is 0 Å². The standard InChI is InChI=1S/C30H34N6O2S/c1-30(2)20-36(39(37,38)27-10-6-8-21-7-4-5-9-25(21)27)28-26(30)19-32-29(34-28)33-23-11-13-24(14-12-23)35-17-15-22(31-3)16-18-35/h4-14,19,22,31H,15-18,20H2,1-3H3,(H,32,33,34). The minimum atomic E-state index is -3.86. The Kier molecular flexibility index (Phi) is 6.43. The van der Waals surface area contributed by atoms with E-state index < -0.39 is 15.4 Å². The van der Waals surface area contributed by atoms with Crippen molar-refractivity contribution in [1.29, 1.82) is 0 Å². The third-order valence-corrected chi connectivity index (χ3v) is 9.78. The first-order chi connectivity index (χ1) is 18.8. The van der Waals surface area contributed by atoms with Crippen LogP contribution >= 0.6 is 0 Å². The van der Waals surface area contributed by atoms with Crippen molar-refractivity contribution in [2.75, 3.05) is 41.2 Å². The molecule has 2 aliphatic rings. The van der Waals surface area contributed by atoms with E-state index >= 15 is 0 Å². The van der Waals surface area contributed by atoms with Gasteiger partial charge in [0, 0.05) is 59.6 Å². The van der Waals surface area contributed by atoms with Crippen LogP contribution in [0.1, 0.15) is 32.3 Å². The third kappa shape index (κ3) is 4.70. The molecule has 4 aromatic rings. The summed E-state index contributed by atoms with van der Waals surface area (Å²) < 4.78 is 29.5. The molecule has 0 aliphatic carbocycles. The van der Waals surface area contributed by atoms with E-state index in [1.807, 2.05) is 63.4 Å². The smallest absolute Gasteiger partial charge is 0.266 e. The molecule has 6 rings (SSSR count). The monoisotopic (exact) mass is 542 g/mol. The fourth-order valence-corrected chi connectivity index (χ4v) is 7.48. The van der Waals surface area contributed by atoms with Gasteiger partial charge in [-0.15, -0.1) is 0 Å². The SMILES string of the molecule is CNC1CCN(c2ccc(Nc3ncc4c(n3)N(S(=O)(=O)c3cccc5ccccc35)CC4(C)C)cc2)CC1. The highest BCUT2D eigenvalue weighted by molar-refractivity contribution is 7.93. The van der Waals surface area contributed by atoms with Crippen LogP contribution in [-0.4, -0.2) is 51.1 Å². The van der Waals surface area contributed by atoms with Crippen molar-refractivity contribution in [3.8, 4) is 0 Å². The van der Waals surface area contributed by atoms with Gasteiger partial charge in [0.05, 0.1) is 4.90 Å². The van der Waals surface area contributed by atoms with Crippen LogP contribution in [0.2, 0.25) is 0 Å². The van der Waals surface area contributed by atoms with Gasteiger partial charge < -0.3 is 15.5 Å². The summed E-state index contributed by atoms with van der Waals surface area (Å²) in [5.41, 5.74) is 2.44. The molecule has 1 aromatic heterocycles. The minimum absolute atomic E-state index is 0.284. The van der Waals surface area contributed by atoms with Gasteiger partial charge in [-0.2, -0.15) is 4.98 Å². The molecule has 0 unspecified atom stereocenters. The molecule has 1 fully saturated rings. The molecule has 0 saturated carbocycles. The average molecular weight is 543 g/mol. The van der Waals surface area contributed by atoms with Crippen LogP contribution < -0.4 is 19.8 Å². The number of nitrogens with one attached hydrogen (secondary N) is 2. The first kappa shape index (κ1) is 25.6. The lowest BCUT2D eigenvalue weighted by Crippen LogP contribution is -2.41. The van der Waals surface area contributed by atoms with E-state index in [2.05, 4.69) is 32.7 Å². The molecular weight excluding hydrogens is 508 g/mol. The zero-order valence-electron chi connectivity index (χ0n) is 22.6. The fraction of sp³-hybridized carbons (Fsp3) is 0.333. The van der Waals surface area contributed by atoms with Crippen LogP contribution in [0.3, 0.4) is 0 Å². The molecule has 2 aliphatic heterocycles. The number of rotatable bonds is 6. The van der Waals surface area contributed by atoms with Crippen molar-refractivity contribution in [1.82, 2.24) is 15.3 Å². The molecule has 0 radical (unpaired) electrons. The van der Waals surface area contributed by atoms with Crippen LogP contribution in [0.5, 0.6) is 0 Å². The number of sulfonamides is 1. The molecule has 39 heavy (non-hydrogen) atoms. The highest BCUT2D eigenvalue weighted by atomic mass is 32.2. The van der Waals surface area contributed by atoms with Crippen LogP contribution in [0.25, 0.3) is 10.8 Å². The second-order valence-electron chi connectivity index (χ2n) is 11.0. The Morgan fingerprint density at radius 3 is 2.41 bits per heavy atom. The number of hydrogen-bond acceptors (Lipinski definition) is 7. The first-order valence-corrected chi connectivity index (χ1v) is 14.9. The van der Waals surface area contributed by atoms with Crippen LogP contribution in [0.4, 0.5) is 23.1 Å². The van der Waals surface area contributed by atoms with Gasteiger partial charge in [-0.1, -0.05) is 50.2 Å². The Labute approximate surface area is 230 Å². The van der Waals surface area contributed by atoms with Crippen LogP contribution in [0.15, 0.2) is 77.8 Å². The topological polar surface area (TPSA) is 90.5 Å². The fourth-order valence-electron chi connectivity index (χ4n) is 5.67. The van der Waals surface area contributed by atoms with E-state index in [4.69, 9.17) is 4.98 Å². The molecule has 0 spiro atoms. The average Bonchev–Trinajstić information content (AvgIpc) is 3.23. The van der Waals surface area contributed by atoms with Crippen molar-refractivity contribution < 1.29 is 8.42 Å². The highest BCUT2D eigenvalue weighted by Crippen LogP contribution is 2.43. The Morgan fingerprint density at radius 1 is 0.949 bits per heavy atom. The lowest BCUT2D eigenvalue weighted by atomic mass is 9.89. The van der Waals surface area contributed by atoms with Crippen molar-refractivity contribution >= 4 is 43.9 Å². The summed E-state index contributed by atoms with van der Waals surface area (Å²) in [6.45, 7) is 6.41. The summed E-state index contributed by atoms with van der Waals surface area (Å²) in [4.78, 5) is 12.0. The number of fused-ring (bicyclic) bond motifs is 2. The van der Waals surface area contributed by atoms with Gasteiger partial charge in [0.25, 0.3) is 10.0 Å². The van der Waals surface area contributed by atoms with Crippen molar-refractivity contribution in [3.63, 3.8) is 0 Å². The summed E-state index contributed by atoms with van der Waals surface area (Å²) in [7, 11) is -1.83. The van der Waals surface area contributed by atoms with Crippen LogP contribution in [0, 0.1) is 0 Å². The molecule has 3 aromatic carbocycles. The minimum Gasteiger partial charge on any atom is -0.371 e. The molecule has 0 amide bonds. The Balaban J connectivity index is 1.28. The zero-order chi connectivity index (χ0) is 27.2. The van der Waals surface area contributed by atoms with Crippen molar-refractivity contribution in [2.24, 2.45) is 0 Å². The largest absolute Gasteiger partial charge is 0.371 e. The molecular formula is C30H34N6O2S. The molecule has 1 saturated heterocycles. The summed E-state index contributed by atoms with van der Waals surface area (Å²) in [5.74, 6) is 0.793. The third-order valence-electron chi connectivity index (χ3n) is 7.98. The van der Waals surface area contributed by atoms with E-state index in [1.54, 1.807) is 18.3 Å². The summed E-state index contributed by atoms with van der Waals surface area (Å²) in [5, 5.41) is 8.24. The zero-order valence-corrected chi connectivity index (χ0v) is 23.4. The van der Waals surface area contributed by atoms with Gasteiger partial charge in [0.2, 0.25) is 5.95 Å². The summed E-state index contributed by atoms with van der Waals surface area (Å²) in [6, 6.07) is 21.8.